The normalized spacial score (nSPS) is 15.6. The first-order valence-corrected chi connectivity index (χ1v) is 5.90. The van der Waals surface area contributed by atoms with Crippen LogP contribution in [0.15, 0.2) is 24.3 Å². The van der Waals surface area contributed by atoms with Crippen molar-refractivity contribution in [3.05, 3.63) is 29.8 Å². The van der Waals surface area contributed by atoms with E-state index in [1.54, 1.807) is 24.3 Å². The van der Waals surface area contributed by atoms with Gasteiger partial charge in [-0.2, -0.15) is 0 Å². The molecule has 1 saturated carbocycles. The molecule has 2 rings (SSSR count). The summed E-state index contributed by atoms with van der Waals surface area (Å²) in [5.74, 6) is 2.51. The van der Waals surface area contributed by atoms with Crippen LogP contribution in [0.25, 0.3) is 0 Å². The van der Waals surface area contributed by atoms with Crippen molar-refractivity contribution in [2.75, 3.05) is 18.5 Å². The highest BCUT2D eigenvalue weighted by molar-refractivity contribution is 5.89. The van der Waals surface area contributed by atoms with Gasteiger partial charge in [0.25, 0.3) is 0 Å². The topological polar surface area (TPSA) is 61.4 Å². The second-order valence-corrected chi connectivity index (χ2v) is 4.69. The molecule has 1 aliphatic carbocycles. The highest BCUT2D eigenvalue weighted by atomic mass is 16.3. The van der Waals surface area contributed by atoms with Gasteiger partial charge in [0, 0.05) is 23.2 Å². The summed E-state index contributed by atoms with van der Waals surface area (Å²) in [6, 6.07) is 6.83. The Labute approximate surface area is 106 Å². The van der Waals surface area contributed by atoms with Crippen molar-refractivity contribution in [3.63, 3.8) is 0 Å². The molecule has 1 aromatic carbocycles. The van der Waals surface area contributed by atoms with Gasteiger partial charge in [0.05, 0.1) is 6.61 Å². The van der Waals surface area contributed by atoms with E-state index < -0.39 is 0 Å². The third kappa shape index (κ3) is 3.02. The zero-order valence-corrected chi connectivity index (χ0v) is 10.1. The average Bonchev–Trinajstić information content (AvgIpc) is 3.17. The molecule has 0 unspecified atom stereocenters. The SMILES string of the molecule is C#Cc1cccc(NC(=O)NCC2(CO)CC2)c1. The molecular formula is C14H16N2O2. The lowest BCUT2D eigenvalue weighted by Crippen LogP contribution is -2.35. The number of rotatable bonds is 4. The number of aliphatic hydroxyl groups is 1. The molecule has 0 spiro atoms. The predicted octanol–water partition coefficient (Wildman–Crippen LogP) is 1.56. The van der Waals surface area contributed by atoms with Crippen LogP contribution >= 0.6 is 0 Å². The number of aliphatic hydroxyl groups excluding tert-OH is 1. The number of urea groups is 1. The molecule has 1 fully saturated rings. The van der Waals surface area contributed by atoms with E-state index in [9.17, 15) is 4.79 Å². The molecule has 1 aliphatic rings. The Balaban J connectivity index is 1.85. The molecule has 0 saturated heterocycles. The van der Waals surface area contributed by atoms with E-state index in [0.717, 1.165) is 18.4 Å². The maximum Gasteiger partial charge on any atom is 0.319 e. The molecule has 0 aliphatic heterocycles. The molecule has 0 aromatic heterocycles. The highest BCUT2D eigenvalue weighted by Gasteiger charge is 2.42. The molecular weight excluding hydrogens is 228 g/mol. The first kappa shape index (κ1) is 12.5. The van der Waals surface area contributed by atoms with Gasteiger partial charge in [0.1, 0.15) is 0 Å². The molecule has 0 atom stereocenters. The van der Waals surface area contributed by atoms with Gasteiger partial charge >= 0.3 is 6.03 Å². The van der Waals surface area contributed by atoms with Crippen LogP contribution in [-0.2, 0) is 0 Å². The molecule has 94 valence electrons. The Morgan fingerprint density at radius 1 is 1.50 bits per heavy atom. The van der Waals surface area contributed by atoms with Gasteiger partial charge in [-0.25, -0.2) is 4.79 Å². The van der Waals surface area contributed by atoms with Crippen LogP contribution in [-0.4, -0.2) is 24.3 Å². The molecule has 4 heteroatoms. The van der Waals surface area contributed by atoms with Crippen LogP contribution < -0.4 is 10.6 Å². The average molecular weight is 244 g/mol. The second-order valence-electron chi connectivity index (χ2n) is 4.69. The first-order valence-electron chi connectivity index (χ1n) is 5.90. The molecule has 3 N–H and O–H groups in total. The third-order valence-electron chi connectivity index (χ3n) is 3.20. The quantitative estimate of drug-likeness (QED) is 0.704. The van der Waals surface area contributed by atoms with Crippen LogP contribution in [0.5, 0.6) is 0 Å². The van der Waals surface area contributed by atoms with Gasteiger partial charge in [-0.1, -0.05) is 12.0 Å². The predicted molar refractivity (Wildman–Crippen MR) is 70.2 cm³/mol. The Morgan fingerprint density at radius 3 is 2.89 bits per heavy atom. The largest absolute Gasteiger partial charge is 0.396 e. The third-order valence-corrected chi connectivity index (χ3v) is 3.20. The number of terminal acetylenes is 1. The fraction of sp³-hybridized carbons (Fsp3) is 0.357. The lowest BCUT2D eigenvalue weighted by molar-refractivity contribution is 0.206. The Bertz CT molecular complexity index is 487. The van der Waals surface area contributed by atoms with E-state index in [-0.39, 0.29) is 18.1 Å². The number of hydrogen-bond acceptors (Lipinski definition) is 2. The minimum atomic E-state index is -0.274. The fourth-order valence-electron chi connectivity index (χ4n) is 1.70. The number of anilines is 1. The van der Waals surface area contributed by atoms with Crippen LogP contribution in [0.2, 0.25) is 0 Å². The molecule has 18 heavy (non-hydrogen) atoms. The van der Waals surface area contributed by atoms with E-state index >= 15 is 0 Å². The van der Waals surface area contributed by atoms with Gasteiger partial charge in [-0.15, -0.1) is 6.42 Å². The zero-order valence-electron chi connectivity index (χ0n) is 10.1. The van der Waals surface area contributed by atoms with Gasteiger partial charge < -0.3 is 15.7 Å². The van der Waals surface area contributed by atoms with Gasteiger partial charge in [-0.3, -0.25) is 0 Å². The van der Waals surface area contributed by atoms with Crippen LogP contribution in [0.1, 0.15) is 18.4 Å². The number of nitrogens with one attached hydrogen (secondary N) is 2. The number of carbonyl (C=O) groups is 1. The molecule has 2 amide bonds. The molecule has 4 nitrogen and oxygen atoms in total. The standard InChI is InChI=1S/C14H16N2O2/c1-2-11-4-3-5-12(8-11)16-13(18)15-9-14(10-17)6-7-14/h1,3-5,8,17H,6-7,9-10H2,(H2,15,16,18). The summed E-state index contributed by atoms with van der Waals surface area (Å²) in [5.41, 5.74) is 1.30. The van der Waals surface area contributed by atoms with Gasteiger partial charge in [0.15, 0.2) is 0 Å². The molecule has 0 bridgehead atoms. The first-order chi connectivity index (χ1) is 8.67. The number of benzene rings is 1. The number of carbonyl (C=O) groups excluding carboxylic acids is 1. The van der Waals surface area contributed by atoms with Crippen molar-refractivity contribution in [2.24, 2.45) is 5.41 Å². The Kier molecular flexibility index (Phi) is 3.54. The molecule has 0 radical (unpaired) electrons. The van der Waals surface area contributed by atoms with Crippen molar-refractivity contribution < 1.29 is 9.90 Å². The lowest BCUT2D eigenvalue weighted by atomic mass is 10.1. The van der Waals surface area contributed by atoms with Crippen LogP contribution in [0, 0.1) is 17.8 Å². The minimum Gasteiger partial charge on any atom is -0.396 e. The van der Waals surface area contributed by atoms with E-state index in [1.807, 2.05) is 0 Å². The van der Waals surface area contributed by atoms with Crippen molar-refractivity contribution in [2.45, 2.75) is 12.8 Å². The van der Waals surface area contributed by atoms with E-state index in [4.69, 9.17) is 11.5 Å². The van der Waals surface area contributed by atoms with Gasteiger partial charge in [-0.05, 0) is 31.0 Å². The van der Waals surface area contributed by atoms with Crippen molar-refractivity contribution in [3.8, 4) is 12.3 Å². The maximum atomic E-state index is 11.6. The Morgan fingerprint density at radius 2 is 2.28 bits per heavy atom. The smallest absolute Gasteiger partial charge is 0.319 e. The summed E-state index contributed by atoms with van der Waals surface area (Å²) in [6.45, 7) is 0.629. The van der Waals surface area contributed by atoms with Crippen molar-refractivity contribution in [1.29, 1.82) is 0 Å². The Hall–Kier alpha value is -1.99. The summed E-state index contributed by atoms with van der Waals surface area (Å²) >= 11 is 0. The number of hydrogen-bond donors (Lipinski definition) is 3. The second kappa shape index (κ2) is 5.11. The molecule has 1 aromatic rings. The summed E-state index contributed by atoms with van der Waals surface area (Å²) in [5, 5.41) is 14.6. The van der Waals surface area contributed by atoms with Crippen molar-refractivity contribution in [1.82, 2.24) is 5.32 Å². The van der Waals surface area contributed by atoms with Gasteiger partial charge in [0.2, 0.25) is 0 Å². The van der Waals surface area contributed by atoms with E-state index in [1.165, 1.54) is 0 Å². The molecule has 0 heterocycles. The monoisotopic (exact) mass is 244 g/mol. The van der Waals surface area contributed by atoms with Crippen molar-refractivity contribution >= 4 is 11.7 Å². The summed E-state index contributed by atoms with van der Waals surface area (Å²) in [6.07, 6.45) is 7.22. The summed E-state index contributed by atoms with van der Waals surface area (Å²) < 4.78 is 0. The fourth-order valence-corrected chi connectivity index (χ4v) is 1.70. The number of amides is 2. The summed E-state index contributed by atoms with van der Waals surface area (Å²) in [7, 11) is 0. The minimum absolute atomic E-state index is 0.0853. The maximum absolute atomic E-state index is 11.6. The van der Waals surface area contributed by atoms with E-state index in [2.05, 4.69) is 16.6 Å². The zero-order chi connectivity index (χ0) is 13.0. The van der Waals surface area contributed by atoms with Crippen LogP contribution in [0.3, 0.4) is 0 Å². The summed E-state index contributed by atoms with van der Waals surface area (Å²) in [4.78, 5) is 11.6. The lowest BCUT2D eigenvalue weighted by Gasteiger charge is -2.13. The van der Waals surface area contributed by atoms with E-state index in [0.29, 0.717) is 12.2 Å². The van der Waals surface area contributed by atoms with Crippen LogP contribution in [0.4, 0.5) is 10.5 Å². The highest BCUT2D eigenvalue weighted by Crippen LogP contribution is 2.44.